The smallest absolute Gasteiger partial charge is 0.408 e. The van der Waals surface area contributed by atoms with Crippen molar-refractivity contribution in [3.8, 4) is 0 Å². The van der Waals surface area contributed by atoms with E-state index < -0.39 is 60.6 Å². The molecule has 0 heterocycles. The number of ether oxygens (including phenoxy) is 1. The quantitative estimate of drug-likeness (QED) is 0.237. The maximum absolute atomic E-state index is 13.4. The maximum Gasteiger partial charge on any atom is 0.408 e. The Kier molecular flexibility index (Phi) is 13.5. The molecule has 10 nitrogen and oxygen atoms in total. The van der Waals surface area contributed by atoms with E-state index in [2.05, 4.69) is 16.0 Å². The van der Waals surface area contributed by atoms with Crippen LogP contribution in [0.2, 0.25) is 0 Å². The van der Waals surface area contributed by atoms with Gasteiger partial charge in [0.25, 0.3) is 5.78 Å². The molecule has 0 saturated heterocycles. The highest BCUT2D eigenvalue weighted by molar-refractivity contribution is 6.35. The topological polar surface area (TPSA) is 151 Å². The zero-order valence-corrected chi connectivity index (χ0v) is 22.9. The summed E-state index contributed by atoms with van der Waals surface area (Å²) in [7, 11) is 0. The van der Waals surface area contributed by atoms with Crippen molar-refractivity contribution in [3.63, 3.8) is 0 Å². The largest absolute Gasteiger partial charge is 0.475 e. The molecule has 0 spiro atoms. The van der Waals surface area contributed by atoms with E-state index >= 15 is 0 Å². The lowest BCUT2D eigenvalue weighted by atomic mass is 9.84. The van der Waals surface area contributed by atoms with E-state index in [-0.39, 0.29) is 24.9 Å². The van der Waals surface area contributed by atoms with E-state index in [0.29, 0.717) is 6.42 Å². The number of halogens is 2. The van der Waals surface area contributed by atoms with Crippen LogP contribution in [0.5, 0.6) is 0 Å². The Balaban J connectivity index is 2.17. The number of carbonyl (C=O) groups excluding carboxylic acids is 4. The van der Waals surface area contributed by atoms with Gasteiger partial charge in [0.05, 0.1) is 0 Å². The summed E-state index contributed by atoms with van der Waals surface area (Å²) >= 11 is 0. The van der Waals surface area contributed by atoms with E-state index in [1.54, 1.807) is 31.2 Å². The number of carboxylic acids is 1. The SMILES string of the molecule is CC[C@H](C)C(NC(=O)OCc1ccccc1)C(=O)NC(CC1CCCCC1)C(=O)NC(CC(F)F)C(=O)C(=O)O. The predicted octanol–water partition coefficient (Wildman–Crippen LogP) is 3.58. The van der Waals surface area contributed by atoms with Crippen LogP contribution < -0.4 is 16.0 Å². The van der Waals surface area contributed by atoms with Crippen LogP contribution >= 0.6 is 0 Å². The second-order valence-corrected chi connectivity index (χ2v) is 10.2. The molecule has 0 aromatic heterocycles. The summed E-state index contributed by atoms with van der Waals surface area (Å²) in [6.07, 6.45) is 0.125. The minimum atomic E-state index is -3.04. The molecule has 1 aliphatic carbocycles. The van der Waals surface area contributed by atoms with Crippen LogP contribution in [-0.4, -0.2) is 59.3 Å². The van der Waals surface area contributed by atoms with Crippen molar-refractivity contribution in [2.45, 2.75) is 96.4 Å². The highest BCUT2D eigenvalue weighted by Crippen LogP contribution is 2.27. The van der Waals surface area contributed by atoms with Gasteiger partial charge in [-0.2, -0.15) is 0 Å². The molecule has 12 heteroatoms. The lowest BCUT2D eigenvalue weighted by Crippen LogP contribution is -2.58. The highest BCUT2D eigenvalue weighted by atomic mass is 19.3. The van der Waals surface area contributed by atoms with Crippen LogP contribution in [0.15, 0.2) is 30.3 Å². The molecule has 0 bridgehead atoms. The van der Waals surface area contributed by atoms with Gasteiger partial charge in [-0.25, -0.2) is 18.4 Å². The summed E-state index contributed by atoms with van der Waals surface area (Å²) in [6, 6.07) is 4.69. The number of amides is 3. The molecular formula is C28H39F2N3O7. The molecule has 0 aliphatic heterocycles. The molecule has 3 unspecified atom stereocenters. The van der Waals surface area contributed by atoms with Gasteiger partial charge in [0.2, 0.25) is 18.2 Å². The van der Waals surface area contributed by atoms with Crippen molar-refractivity contribution in [1.82, 2.24) is 16.0 Å². The molecule has 1 fully saturated rings. The molecule has 1 saturated carbocycles. The summed E-state index contributed by atoms with van der Waals surface area (Å²) in [6.45, 7) is 3.54. The summed E-state index contributed by atoms with van der Waals surface area (Å²) in [5.74, 6) is -5.45. The van der Waals surface area contributed by atoms with Crippen molar-refractivity contribution in [3.05, 3.63) is 35.9 Å². The first-order valence-electron chi connectivity index (χ1n) is 13.6. The van der Waals surface area contributed by atoms with Crippen LogP contribution in [0.25, 0.3) is 0 Å². The second kappa shape index (κ2) is 16.5. The molecule has 1 aliphatic rings. The summed E-state index contributed by atoms with van der Waals surface area (Å²) < 4.78 is 31.3. The van der Waals surface area contributed by atoms with Crippen molar-refractivity contribution in [1.29, 1.82) is 0 Å². The van der Waals surface area contributed by atoms with Crippen LogP contribution in [-0.2, 0) is 30.5 Å². The van der Waals surface area contributed by atoms with Gasteiger partial charge in [0.1, 0.15) is 24.7 Å². The third-order valence-electron chi connectivity index (χ3n) is 7.17. The molecule has 4 atom stereocenters. The average Bonchev–Trinajstić information content (AvgIpc) is 2.93. The zero-order chi connectivity index (χ0) is 29.7. The van der Waals surface area contributed by atoms with Crippen LogP contribution in [0.4, 0.5) is 13.6 Å². The Morgan fingerprint density at radius 3 is 2.15 bits per heavy atom. The standard InChI is InChI=1S/C28H39F2N3O7/c1-3-17(2)23(33-28(39)40-16-19-12-8-5-9-13-19)26(36)32-21(14-18-10-6-4-7-11-18)25(35)31-20(15-22(29)30)24(34)27(37)38/h5,8-9,12-13,17-18,20-23H,3-4,6-7,10-11,14-16H2,1-2H3,(H,31,35)(H,32,36)(H,33,39)(H,37,38)/t17-,20?,21?,23?/m0/s1. The molecular weight excluding hydrogens is 528 g/mol. The minimum Gasteiger partial charge on any atom is -0.475 e. The Bertz CT molecular complexity index is 1000. The zero-order valence-electron chi connectivity index (χ0n) is 22.9. The maximum atomic E-state index is 13.4. The number of hydrogen-bond acceptors (Lipinski definition) is 6. The Hall–Kier alpha value is -3.57. The van der Waals surface area contributed by atoms with Crippen LogP contribution in [0.3, 0.4) is 0 Å². The molecule has 2 rings (SSSR count). The Morgan fingerprint density at radius 2 is 1.57 bits per heavy atom. The van der Waals surface area contributed by atoms with Gasteiger partial charge >= 0.3 is 12.1 Å². The van der Waals surface area contributed by atoms with E-state index in [1.165, 1.54) is 0 Å². The first-order chi connectivity index (χ1) is 19.0. The molecule has 40 heavy (non-hydrogen) atoms. The number of carbonyl (C=O) groups is 5. The molecule has 0 radical (unpaired) electrons. The van der Waals surface area contributed by atoms with Gasteiger partial charge in [0, 0.05) is 6.42 Å². The van der Waals surface area contributed by atoms with Crippen molar-refractivity contribution in [2.24, 2.45) is 11.8 Å². The van der Waals surface area contributed by atoms with Crippen LogP contribution in [0, 0.1) is 11.8 Å². The molecule has 1 aromatic rings. The number of aliphatic carboxylic acids is 1. The van der Waals surface area contributed by atoms with E-state index in [0.717, 1.165) is 37.7 Å². The van der Waals surface area contributed by atoms with Gasteiger partial charge < -0.3 is 25.8 Å². The number of hydrogen-bond donors (Lipinski definition) is 4. The lowest BCUT2D eigenvalue weighted by molar-refractivity contribution is -0.151. The average molecular weight is 568 g/mol. The van der Waals surface area contributed by atoms with Gasteiger partial charge in [0.15, 0.2) is 0 Å². The summed E-state index contributed by atoms with van der Waals surface area (Å²) in [4.78, 5) is 62.2. The number of nitrogens with one attached hydrogen (secondary N) is 3. The number of ketones is 1. The fourth-order valence-corrected chi connectivity index (χ4v) is 4.67. The van der Waals surface area contributed by atoms with E-state index in [1.807, 2.05) is 13.0 Å². The fourth-order valence-electron chi connectivity index (χ4n) is 4.67. The van der Waals surface area contributed by atoms with Gasteiger partial charge in [-0.3, -0.25) is 14.4 Å². The first kappa shape index (κ1) is 32.6. The van der Waals surface area contributed by atoms with Crippen LogP contribution in [0.1, 0.15) is 70.8 Å². The number of carboxylic acid groups (broad SMARTS) is 1. The molecule has 3 amide bonds. The molecule has 222 valence electrons. The van der Waals surface area contributed by atoms with Gasteiger partial charge in [-0.15, -0.1) is 0 Å². The third kappa shape index (κ3) is 10.9. The van der Waals surface area contributed by atoms with Crippen molar-refractivity contribution >= 4 is 29.7 Å². The number of rotatable bonds is 15. The minimum absolute atomic E-state index is 0.0165. The summed E-state index contributed by atoms with van der Waals surface area (Å²) in [5, 5.41) is 16.3. The number of benzene rings is 1. The van der Waals surface area contributed by atoms with Gasteiger partial charge in [-0.05, 0) is 23.8 Å². The predicted molar refractivity (Wildman–Crippen MR) is 141 cm³/mol. The Morgan fingerprint density at radius 1 is 0.950 bits per heavy atom. The number of alkyl carbamates (subject to hydrolysis) is 1. The number of Topliss-reactive ketones (excluding diaryl/α,β-unsaturated/α-hetero) is 1. The lowest BCUT2D eigenvalue weighted by Gasteiger charge is -2.30. The highest BCUT2D eigenvalue weighted by Gasteiger charge is 2.35. The van der Waals surface area contributed by atoms with Crippen molar-refractivity contribution in [2.75, 3.05) is 0 Å². The fraction of sp³-hybridized carbons (Fsp3) is 0.607. The number of alkyl halides is 2. The van der Waals surface area contributed by atoms with E-state index in [4.69, 9.17) is 9.84 Å². The monoisotopic (exact) mass is 567 g/mol. The second-order valence-electron chi connectivity index (χ2n) is 10.2. The molecule has 1 aromatic carbocycles. The third-order valence-corrected chi connectivity index (χ3v) is 7.17. The van der Waals surface area contributed by atoms with E-state index in [9.17, 15) is 32.8 Å². The first-order valence-corrected chi connectivity index (χ1v) is 13.6. The normalized spacial score (nSPS) is 16.7. The van der Waals surface area contributed by atoms with Crippen molar-refractivity contribution < 1.29 is 42.6 Å². The Labute approximate surface area is 232 Å². The molecule has 4 N–H and O–H groups in total. The summed E-state index contributed by atoms with van der Waals surface area (Å²) in [5.41, 5.74) is 0.751. The van der Waals surface area contributed by atoms with Gasteiger partial charge in [-0.1, -0.05) is 82.7 Å².